The molecule has 2 aliphatic rings. The lowest BCUT2D eigenvalue weighted by Crippen LogP contribution is -2.42. The first-order valence-electron chi connectivity index (χ1n) is 8.96. The molecule has 1 atom stereocenters. The lowest BCUT2D eigenvalue weighted by atomic mass is 9.94. The highest BCUT2D eigenvalue weighted by Gasteiger charge is 2.24. The van der Waals surface area contributed by atoms with Gasteiger partial charge < -0.3 is 15.1 Å². The Morgan fingerprint density at radius 3 is 2.45 bits per heavy atom. The number of hydrogen-bond acceptors (Lipinski definition) is 3. The van der Waals surface area contributed by atoms with E-state index in [0.29, 0.717) is 0 Å². The van der Waals surface area contributed by atoms with Gasteiger partial charge in [0.05, 0.1) is 0 Å². The zero-order valence-corrected chi connectivity index (χ0v) is 13.7. The van der Waals surface area contributed by atoms with E-state index in [0.717, 1.165) is 18.5 Å². The molecular formula is C17H35N3. The molecule has 2 fully saturated rings. The number of hydrogen-bond donors (Lipinski definition) is 1. The van der Waals surface area contributed by atoms with Crippen molar-refractivity contribution in [3.63, 3.8) is 0 Å². The van der Waals surface area contributed by atoms with Gasteiger partial charge in [0.2, 0.25) is 0 Å². The second-order valence-electron chi connectivity index (χ2n) is 6.83. The highest BCUT2D eigenvalue weighted by Crippen LogP contribution is 2.22. The third-order valence-electron chi connectivity index (χ3n) is 5.21. The Morgan fingerprint density at radius 1 is 1.10 bits per heavy atom. The van der Waals surface area contributed by atoms with Crippen LogP contribution in [0.5, 0.6) is 0 Å². The first-order valence-corrected chi connectivity index (χ1v) is 8.96. The fraction of sp³-hybridized carbons (Fsp3) is 1.00. The zero-order valence-electron chi connectivity index (χ0n) is 13.7. The summed E-state index contributed by atoms with van der Waals surface area (Å²) in [5.74, 6) is 0.971. The summed E-state index contributed by atoms with van der Waals surface area (Å²) in [5, 5.41) is 3.43. The van der Waals surface area contributed by atoms with Gasteiger partial charge in [-0.2, -0.15) is 0 Å². The molecule has 0 spiro atoms. The fourth-order valence-electron chi connectivity index (χ4n) is 3.79. The molecule has 3 heteroatoms. The van der Waals surface area contributed by atoms with Crippen LogP contribution in [0.1, 0.15) is 52.4 Å². The van der Waals surface area contributed by atoms with Crippen LogP contribution < -0.4 is 5.32 Å². The van der Waals surface area contributed by atoms with E-state index in [4.69, 9.17) is 0 Å². The molecule has 2 aliphatic heterocycles. The molecule has 0 aromatic heterocycles. The Kier molecular flexibility index (Phi) is 7.32. The van der Waals surface area contributed by atoms with Gasteiger partial charge in [-0.05, 0) is 90.6 Å². The minimum absolute atomic E-state index is 0.779. The summed E-state index contributed by atoms with van der Waals surface area (Å²) < 4.78 is 0. The first-order chi connectivity index (χ1) is 9.79. The zero-order chi connectivity index (χ0) is 14.2. The maximum Gasteiger partial charge on any atom is 0.00674 e. The van der Waals surface area contributed by atoms with E-state index < -0.39 is 0 Å². The van der Waals surface area contributed by atoms with E-state index in [-0.39, 0.29) is 0 Å². The van der Waals surface area contributed by atoms with Crippen molar-refractivity contribution in [2.45, 2.75) is 58.4 Å². The molecule has 1 unspecified atom stereocenters. The Balaban J connectivity index is 1.58. The number of nitrogens with zero attached hydrogens (tertiary/aromatic N) is 2. The molecule has 1 N–H and O–H groups in total. The minimum Gasteiger partial charge on any atom is -0.317 e. The summed E-state index contributed by atoms with van der Waals surface area (Å²) in [7, 11) is 0. The summed E-state index contributed by atoms with van der Waals surface area (Å²) in [6.07, 6.45) is 8.39. The maximum absolute atomic E-state index is 3.43. The Labute approximate surface area is 126 Å². The summed E-state index contributed by atoms with van der Waals surface area (Å²) in [4.78, 5) is 5.42. The van der Waals surface area contributed by atoms with E-state index in [2.05, 4.69) is 29.0 Å². The molecule has 2 rings (SSSR count). The molecule has 2 saturated heterocycles. The van der Waals surface area contributed by atoms with Crippen LogP contribution >= 0.6 is 0 Å². The van der Waals surface area contributed by atoms with E-state index in [1.165, 1.54) is 77.8 Å². The van der Waals surface area contributed by atoms with Gasteiger partial charge in [0.1, 0.15) is 0 Å². The average Bonchev–Trinajstić information content (AvgIpc) is 2.97. The number of likely N-dealkylation sites (tertiary alicyclic amines) is 2. The van der Waals surface area contributed by atoms with Gasteiger partial charge in [-0.1, -0.05) is 6.92 Å². The van der Waals surface area contributed by atoms with Gasteiger partial charge in [-0.3, -0.25) is 0 Å². The molecule has 0 aromatic carbocycles. The fourth-order valence-corrected chi connectivity index (χ4v) is 3.79. The van der Waals surface area contributed by atoms with Gasteiger partial charge in [-0.25, -0.2) is 0 Å². The van der Waals surface area contributed by atoms with Crippen molar-refractivity contribution >= 4 is 0 Å². The third kappa shape index (κ3) is 5.34. The normalized spacial score (nSPS) is 24.3. The maximum atomic E-state index is 3.43. The standard InChI is InChI=1S/C17H35N3/c1-3-18-10-6-7-16(2)20-13-8-17(9-14-20)15-19-11-4-5-12-19/h16-18H,3-15H2,1-2H3. The summed E-state index contributed by atoms with van der Waals surface area (Å²) >= 11 is 0. The van der Waals surface area contributed by atoms with E-state index in [1.54, 1.807) is 0 Å². The van der Waals surface area contributed by atoms with Crippen molar-refractivity contribution in [1.82, 2.24) is 15.1 Å². The van der Waals surface area contributed by atoms with Crippen molar-refractivity contribution in [3.05, 3.63) is 0 Å². The van der Waals surface area contributed by atoms with E-state index >= 15 is 0 Å². The quantitative estimate of drug-likeness (QED) is 0.690. The van der Waals surface area contributed by atoms with Crippen molar-refractivity contribution in [3.8, 4) is 0 Å². The summed E-state index contributed by atoms with van der Waals surface area (Å²) in [5.41, 5.74) is 0. The van der Waals surface area contributed by atoms with Crippen LogP contribution in [0.3, 0.4) is 0 Å². The lowest BCUT2D eigenvalue weighted by Gasteiger charge is -2.37. The monoisotopic (exact) mass is 281 g/mol. The van der Waals surface area contributed by atoms with E-state index in [1.807, 2.05) is 0 Å². The van der Waals surface area contributed by atoms with Gasteiger partial charge >= 0.3 is 0 Å². The van der Waals surface area contributed by atoms with Crippen LogP contribution in [0.2, 0.25) is 0 Å². The number of nitrogens with one attached hydrogen (secondary N) is 1. The van der Waals surface area contributed by atoms with Crippen molar-refractivity contribution < 1.29 is 0 Å². The number of piperidine rings is 1. The molecule has 0 amide bonds. The molecule has 118 valence electrons. The molecule has 20 heavy (non-hydrogen) atoms. The second kappa shape index (κ2) is 9.01. The Bertz CT molecular complexity index is 243. The van der Waals surface area contributed by atoms with Crippen LogP contribution in [0.4, 0.5) is 0 Å². The molecule has 2 heterocycles. The highest BCUT2D eigenvalue weighted by molar-refractivity contribution is 4.79. The predicted octanol–water partition coefficient (Wildman–Crippen LogP) is 2.57. The third-order valence-corrected chi connectivity index (χ3v) is 5.21. The van der Waals surface area contributed by atoms with E-state index in [9.17, 15) is 0 Å². The Morgan fingerprint density at radius 2 is 1.80 bits per heavy atom. The van der Waals surface area contributed by atoms with Crippen LogP contribution in [0.15, 0.2) is 0 Å². The second-order valence-corrected chi connectivity index (χ2v) is 6.83. The van der Waals surface area contributed by atoms with Crippen LogP contribution in [-0.2, 0) is 0 Å². The molecule has 3 nitrogen and oxygen atoms in total. The topological polar surface area (TPSA) is 18.5 Å². The van der Waals surface area contributed by atoms with Gasteiger partial charge in [0, 0.05) is 12.6 Å². The lowest BCUT2D eigenvalue weighted by molar-refractivity contribution is 0.117. The highest BCUT2D eigenvalue weighted by atomic mass is 15.2. The molecule has 0 radical (unpaired) electrons. The molecule has 0 saturated carbocycles. The van der Waals surface area contributed by atoms with Gasteiger partial charge in [-0.15, -0.1) is 0 Å². The van der Waals surface area contributed by atoms with Crippen molar-refractivity contribution in [2.24, 2.45) is 5.92 Å². The van der Waals surface area contributed by atoms with Crippen molar-refractivity contribution in [1.29, 1.82) is 0 Å². The average molecular weight is 281 g/mol. The Hall–Kier alpha value is -0.120. The van der Waals surface area contributed by atoms with Crippen LogP contribution in [0.25, 0.3) is 0 Å². The predicted molar refractivity (Wildman–Crippen MR) is 87.2 cm³/mol. The van der Waals surface area contributed by atoms with Crippen molar-refractivity contribution in [2.75, 3.05) is 45.8 Å². The number of rotatable bonds is 8. The van der Waals surface area contributed by atoms with Crippen LogP contribution in [-0.4, -0.2) is 61.7 Å². The minimum atomic E-state index is 0.779. The summed E-state index contributed by atoms with van der Waals surface area (Å²) in [6, 6.07) is 0.779. The largest absolute Gasteiger partial charge is 0.317 e. The molecule has 0 aliphatic carbocycles. The molecule has 0 bridgehead atoms. The summed E-state index contributed by atoms with van der Waals surface area (Å²) in [6.45, 7) is 13.7. The molecule has 0 aromatic rings. The van der Waals surface area contributed by atoms with Gasteiger partial charge in [0.25, 0.3) is 0 Å². The van der Waals surface area contributed by atoms with Gasteiger partial charge in [0.15, 0.2) is 0 Å². The first kappa shape index (κ1) is 16.3. The molecular weight excluding hydrogens is 246 g/mol. The SMILES string of the molecule is CCNCCCC(C)N1CCC(CN2CCCC2)CC1. The van der Waals surface area contributed by atoms with Crippen LogP contribution in [0, 0.1) is 5.92 Å². The smallest absolute Gasteiger partial charge is 0.00674 e.